The molecule has 0 spiro atoms. The second-order valence-electron chi connectivity index (χ2n) is 6.37. The summed E-state index contributed by atoms with van der Waals surface area (Å²) in [6, 6.07) is 14.5. The van der Waals surface area contributed by atoms with Gasteiger partial charge in [-0.2, -0.15) is 5.10 Å². The van der Waals surface area contributed by atoms with Gasteiger partial charge in [0.15, 0.2) is 16.8 Å². The normalized spacial score (nSPS) is 14.0. The second kappa shape index (κ2) is 6.74. The van der Waals surface area contributed by atoms with Crippen molar-refractivity contribution in [2.24, 2.45) is 0 Å². The van der Waals surface area contributed by atoms with E-state index in [9.17, 15) is 0 Å². The van der Waals surface area contributed by atoms with Gasteiger partial charge < -0.3 is 5.32 Å². The zero-order chi connectivity index (χ0) is 17.3. The number of thioether (sulfide) groups is 1. The third kappa shape index (κ3) is 3.32. The molecule has 1 aliphatic rings. The number of hydrogen-bond donors (Lipinski definition) is 2. The van der Waals surface area contributed by atoms with Crippen LogP contribution in [0.25, 0.3) is 10.2 Å². The number of nitrogens with zero attached hydrogens (tertiary/aromatic N) is 3. The molecular weight excluding hydrogens is 362 g/mol. The van der Waals surface area contributed by atoms with E-state index in [-0.39, 0.29) is 0 Å². The smallest absolute Gasteiger partial charge is 0.190 e. The molecule has 0 saturated heterocycles. The zero-order valence-electron chi connectivity index (χ0n) is 14.0. The molecule has 5 rings (SSSR count). The summed E-state index contributed by atoms with van der Waals surface area (Å²) in [7, 11) is 0. The lowest BCUT2D eigenvalue weighted by atomic mass is 10.2. The number of rotatable bonds is 6. The molecule has 1 fully saturated rings. The number of benzene rings is 1. The van der Waals surface area contributed by atoms with Crippen LogP contribution in [0.4, 0.5) is 11.6 Å². The number of aromatic nitrogens is 4. The third-order valence-electron chi connectivity index (χ3n) is 4.36. The van der Waals surface area contributed by atoms with Crippen LogP contribution in [-0.2, 0) is 5.75 Å². The Morgan fingerprint density at radius 3 is 2.88 bits per heavy atom. The molecule has 3 aromatic heterocycles. The Bertz CT molecular complexity index is 1040. The summed E-state index contributed by atoms with van der Waals surface area (Å²) in [4.78, 5) is 9.44. The Kier molecular flexibility index (Phi) is 4.10. The third-order valence-corrected chi connectivity index (χ3v) is 6.18. The fourth-order valence-electron chi connectivity index (χ4n) is 2.84. The molecule has 0 aliphatic heterocycles. The number of anilines is 2. The first-order valence-electron chi connectivity index (χ1n) is 8.59. The maximum Gasteiger partial charge on any atom is 0.190 e. The fourth-order valence-corrected chi connectivity index (χ4v) is 4.42. The maximum atomic E-state index is 4.75. The second-order valence-corrected chi connectivity index (χ2v) is 8.23. The summed E-state index contributed by atoms with van der Waals surface area (Å²) < 4.78 is 1.06. The Morgan fingerprint density at radius 2 is 2.04 bits per heavy atom. The average molecular weight is 380 g/mol. The number of thiophene rings is 1. The molecule has 1 aliphatic carbocycles. The Hall–Kier alpha value is -2.38. The van der Waals surface area contributed by atoms with Gasteiger partial charge in [-0.3, -0.25) is 5.10 Å². The van der Waals surface area contributed by atoms with Crippen LogP contribution in [0, 0.1) is 0 Å². The van der Waals surface area contributed by atoms with Crippen molar-refractivity contribution < 1.29 is 0 Å². The van der Waals surface area contributed by atoms with E-state index < -0.39 is 0 Å². The van der Waals surface area contributed by atoms with E-state index in [2.05, 4.69) is 51.2 Å². The molecule has 3 heterocycles. The van der Waals surface area contributed by atoms with Crippen molar-refractivity contribution in [2.75, 3.05) is 5.32 Å². The Balaban J connectivity index is 1.40. The molecule has 1 saturated carbocycles. The minimum Gasteiger partial charge on any atom is -0.322 e. The summed E-state index contributed by atoms with van der Waals surface area (Å²) >= 11 is 3.30. The van der Waals surface area contributed by atoms with Gasteiger partial charge in [-0.05, 0) is 29.9 Å². The zero-order valence-corrected chi connectivity index (χ0v) is 15.6. The van der Waals surface area contributed by atoms with Crippen LogP contribution in [0.15, 0.2) is 53.0 Å². The Labute approximate surface area is 159 Å². The first kappa shape index (κ1) is 15.8. The van der Waals surface area contributed by atoms with Gasteiger partial charge in [-0.25, -0.2) is 9.97 Å². The number of nitrogens with one attached hydrogen (secondary N) is 2. The van der Waals surface area contributed by atoms with Crippen LogP contribution < -0.4 is 5.32 Å². The Morgan fingerprint density at radius 1 is 1.15 bits per heavy atom. The summed E-state index contributed by atoms with van der Waals surface area (Å²) in [5.74, 6) is 3.15. The van der Waals surface area contributed by atoms with Crippen LogP contribution in [0.2, 0.25) is 0 Å². The van der Waals surface area contributed by atoms with Gasteiger partial charge in [0.2, 0.25) is 0 Å². The van der Waals surface area contributed by atoms with Crippen LogP contribution in [0.3, 0.4) is 0 Å². The molecule has 2 N–H and O–H groups in total. The van der Waals surface area contributed by atoms with Crippen LogP contribution >= 0.6 is 23.1 Å². The van der Waals surface area contributed by atoms with Gasteiger partial charge in [0.25, 0.3) is 0 Å². The first-order valence-corrected chi connectivity index (χ1v) is 10.5. The van der Waals surface area contributed by atoms with Gasteiger partial charge in [-0.1, -0.05) is 42.1 Å². The molecule has 5 nitrogen and oxygen atoms in total. The monoisotopic (exact) mass is 379 g/mol. The van der Waals surface area contributed by atoms with Gasteiger partial charge >= 0.3 is 0 Å². The van der Waals surface area contributed by atoms with E-state index in [1.807, 2.05) is 12.1 Å². The van der Waals surface area contributed by atoms with E-state index in [1.54, 1.807) is 23.1 Å². The molecule has 7 heteroatoms. The minimum atomic E-state index is 0.655. The van der Waals surface area contributed by atoms with Gasteiger partial charge in [0.05, 0.1) is 10.2 Å². The SMILES string of the molecule is c1ccc(CSc2nc(Nc3cc(C4CC4)[nH]n3)c3sccc3n2)cc1. The quantitative estimate of drug-likeness (QED) is 0.350. The van der Waals surface area contributed by atoms with Crippen molar-refractivity contribution in [2.45, 2.75) is 29.7 Å². The minimum absolute atomic E-state index is 0.655. The highest BCUT2D eigenvalue weighted by molar-refractivity contribution is 7.98. The first-order chi connectivity index (χ1) is 12.8. The van der Waals surface area contributed by atoms with Crippen molar-refractivity contribution >= 4 is 45.0 Å². The maximum absolute atomic E-state index is 4.75. The molecule has 0 atom stereocenters. The fraction of sp³-hybridized carbons (Fsp3) is 0.211. The van der Waals surface area contributed by atoms with Gasteiger partial charge in [0.1, 0.15) is 0 Å². The molecular formula is C19H17N5S2. The van der Waals surface area contributed by atoms with Crippen LogP contribution in [0.5, 0.6) is 0 Å². The highest BCUT2D eigenvalue weighted by Crippen LogP contribution is 2.40. The molecule has 0 bridgehead atoms. The molecule has 130 valence electrons. The van der Waals surface area contributed by atoms with Crippen molar-refractivity contribution in [3.8, 4) is 0 Å². The van der Waals surface area contributed by atoms with E-state index >= 15 is 0 Å². The average Bonchev–Trinajstić information content (AvgIpc) is 3.22. The van der Waals surface area contributed by atoms with Crippen molar-refractivity contribution in [3.05, 3.63) is 59.1 Å². The molecule has 0 unspecified atom stereocenters. The number of fused-ring (bicyclic) bond motifs is 1. The van der Waals surface area contributed by atoms with Gasteiger partial charge in [0, 0.05) is 23.4 Å². The van der Waals surface area contributed by atoms with Crippen molar-refractivity contribution in [1.82, 2.24) is 20.2 Å². The van der Waals surface area contributed by atoms with Crippen LogP contribution in [-0.4, -0.2) is 20.2 Å². The van der Waals surface area contributed by atoms with Crippen LogP contribution in [0.1, 0.15) is 30.0 Å². The van der Waals surface area contributed by atoms with Crippen molar-refractivity contribution in [3.63, 3.8) is 0 Å². The largest absolute Gasteiger partial charge is 0.322 e. The highest BCUT2D eigenvalue weighted by atomic mass is 32.2. The van der Waals surface area contributed by atoms with E-state index in [0.29, 0.717) is 5.92 Å². The molecule has 1 aromatic carbocycles. The lowest BCUT2D eigenvalue weighted by molar-refractivity contribution is 0.964. The van der Waals surface area contributed by atoms with E-state index in [0.717, 1.165) is 32.8 Å². The lowest BCUT2D eigenvalue weighted by Gasteiger charge is -2.06. The standard InChI is InChI=1S/C19H17N5S2/c1-2-4-12(5-3-1)11-26-19-20-14-8-9-25-17(14)18(22-19)21-16-10-15(23-24-16)13-6-7-13/h1-5,8-10,13H,6-7,11H2,(H2,20,21,22,23,24). The van der Waals surface area contributed by atoms with Gasteiger partial charge in [-0.15, -0.1) is 11.3 Å². The number of hydrogen-bond acceptors (Lipinski definition) is 6. The molecule has 0 radical (unpaired) electrons. The molecule has 26 heavy (non-hydrogen) atoms. The number of aromatic amines is 1. The molecule has 4 aromatic rings. The summed E-state index contributed by atoms with van der Waals surface area (Å²) in [5, 5.41) is 13.7. The van der Waals surface area contributed by atoms with E-state index in [1.165, 1.54) is 24.1 Å². The van der Waals surface area contributed by atoms with Crippen molar-refractivity contribution in [1.29, 1.82) is 0 Å². The lowest BCUT2D eigenvalue weighted by Crippen LogP contribution is -1.97. The van der Waals surface area contributed by atoms with E-state index in [4.69, 9.17) is 9.97 Å². The topological polar surface area (TPSA) is 66.5 Å². The predicted octanol–water partition coefficient (Wildman–Crippen LogP) is 5.33. The predicted molar refractivity (Wildman–Crippen MR) is 107 cm³/mol. The summed E-state index contributed by atoms with van der Waals surface area (Å²) in [5.41, 5.74) is 3.45. The highest BCUT2D eigenvalue weighted by Gasteiger charge is 2.25. The summed E-state index contributed by atoms with van der Waals surface area (Å²) in [6.07, 6.45) is 2.51. The molecule has 0 amide bonds. The summed E-state index contributed by atoms with van der Waals surface area (Å²) in [6.45, 7) is 0. The number of H-pyrrole nitrogens is 1.